The van der Waals surface area contributed by atoms with Gasteiger partial charge in [0.25, 0.3) is 0 Å². The summed E-state index contributed by atoms with van der Waals surface area (Å²) >= 11 is 0.830. The Morgan fingerprint density at radius 1 is 1.25 bits per heavy atom. The first-order valence-corrected chi connectivity index (χ1v) is 5.86. The zero-order valence-corrected chi connectivity index (χ0v) is 10.7. The van der Waals surface area contributed by atoms with Gasteiger partial charge in [-0.25, -0.2) is 25.8 Å². The third-order valence-corrected chi connectivity index (χ3v) is 2.90. The average molecular weight is 295 g/mol. The van der Waals surface area contributed by atoms with Crippen molar-refractivity contribution < 1.29 is 4.92 Å². The SMILES string of the molecule is NNc1ncnc(Sc2nc(N)cc(N)n2)c1[N+](=O)[O-]. The standard InChI is InChI=1S/C8H9N9O2S/c9-3-1-4(10)15-8(14-3)20-7-5(17(18)19)6(16-11)12-2-13-7/h1-2H,11H2,(H,12,13,16)(H4,9,10,14,15). The Labute approximate surface area is 116 Å². The number of hydrazine groups is 1. The van der Waals surface area contributed by atoms with Gasteiger partial charge in [-0.2, -0.15) is 0 Å². The van der Waals surface area contributed by atoms with Crippen molar-refractivity contribution >= 4 is 34.9 Å². The number of rotatable bonds is 4. The molecule has 0 saturated heterocycles. The van der Waals surface area contributed by atoms with Crippen molar-refractivity contribution in [2.24, 2.45) is 5.84 Å². The first-order valence-electron chi connectivity index (χ1n) is 5.05. The summed E-state index contributed by atoms with van der Waals surface area (Å²) in [4.78, 5) is 25.7. The van der Waals surface area contributed by atoms with Crippen LogP contribution >= 0.6 is 11.8 Å². The molecule has 2 aromatic heterocycles. The number of nitro groups is 1. The van der Waals surface area contributed by atoms with E-state index < -0.39 is 4.92 Å². The highest BCUT2D eigenvalue weighted by Gasteiger charge is 2.24. The molecule has 7 N–H and O–H groups in total. The van der Waals surface area contributed by atoms with Crippen molar-refractivity contribution in [2.75, 3.05) is 16.9 Å². The predicted octanol–water partition coefficient (Wildman–Crippen LogP) is -0.224. The molecule has 2 aromatic rings. The third-order valence-electron chi connectivity index (χ3n) is 2.04. The Balaban J connectivity index is 2.45. The number of nitrogens with one attached hydrogen (secondary N) is 1. The molecule has 2 heterocycles. The van der Waals surface area contributed by atoms with E-state index in [9.17, 15) is 10.1 Å². The van der Waals surface area contributed by atoms with Crippen LogP contribution in [-0.4, -0.2) is 24.9 Å². The van der Waals surface area contributed by atoms with Crippen LogP contribution in [0.25, 0.3) is 0 Å². The number of hydrogen-bond donors (Lipinski definition) is 4. The Morgan fingerprint density at radius 2 is 1.90 bits per heavy atom. The van der Waals surface area contributed by atoms with Gasteiger partial charge in [0.1, 0.15) is 18.0 Å². The lowest BCUT2D eigenvalue weighted by Crippen LogP contribution is -2.12. The molecule has 0 fully saturated rings. The Hall–Kier alpha value is -2.73. The van der Waals surface area contributed by atoms with E-state index in [-0.39, 0.29) is 33.3 Å². The van der Waals surface area contributed by atoms with E-state index in [4.69, 9.17) is 17.3 Å². The second-order valence-electron chi connectivity index (χ2n) is 3.38. The lowest BCUT2D eigenvalue weighted by molar-refractivity contribution is -0.387. The normalized spacial score (nSPS) is 10.2. The highest BCUT2D eigenvalue weighted by atomic mass is 32.2. The second kappa shape index (κ2) is 5.50. The molecular formula is C8H9N9O2S. The fourth-order valence-electron chi connectivity index (χ4n) is 1.30. The van der Waals surface area contributed by atoms with E-state index in [0.717, 1.165) is 18.1 Å². The number of anilines is 3. The van der Waals surface area contributed by atoms with Gasteiger partial charge in [0.15, 0.2) is 10.2 Å². The van der Waals surface area contributed by atoms with Crippen molar-refractivity contribution in [3.63, 3.8) is 0 Å². The van der Waals surface area contributed by atoms with E-state index in [2.05, 4.69) is 25.4 Å². The maximum atomic E-state index is 11.1. The summed E-state index contributed by atoms with van der Waals surface area (Å²) in [6.45, 7) is 0. The highest BCUT2D eigenvalue weighted by molar-refractivity contribution is 7.99. The lowest BCUT2D eigenvalue weighted by atomic mass is 10.5. The number of aromatic nitrogens is 4. The number of nitrogen functional groups attached to an aromatic ring is 3. The molecule has 0 aliphatic heterocycles. The van der Waals surface area contributed by atoms with E-state index in [1.54, 1.807) is 0 Å². The molecule has 2 rings (SSSR count). The Kier molecular flexibility index (Phi) is 3.76. The van der Waals surface area contributed by atoms with Gasteiger partial charge in [0, 0.05) is 6.07 Å². The summed E-state index contributed by atoms with van der Waals surface area (Å²) in [7, 11) is 0. The minimum absolute atomic E-state index is 0.0166. The van der Waals surface area contributed by atoms with Gasteiger partial charge < -0.3 is 16.9 Å². The molecule has 0 radical (unpaired) electrons. The molecule has 0 aromatic carbocycles. The summed E-state index contributed by atoms with van der Waals surface area (Å²) in [6, 6.07) is 1.37. The summed E-state index contributed by atoms with van der Waals surface area (Å²) in [5.41, 5.74) is 12.8. The molecule has 20 heavy (non-hydrogen) atoms. The third kappa shape index (κ3) is 2.81. The van der Waals surface area contributed by atoms with Gasteiger partial charge in [-0.15, -0.1) is 0 Å². The van der Waals surface area contributed by atoms with E-state index in [1.165, 1.54) is 6.07 Å². The zero-order chi connectivity index (χ0) is 14.7. The first-order chi connectivity index (χ1) is 9.51. The molecule has 0 aliphatic carbocycles. The lowest BCUT2D eigenvalue weighted by Gasteiger charge is -2.05. The fourth-order valence-corrected chi connectivity index (χ4v) is 2.14. The molecule has 0 aliphatic rings. The highest BCUT2D eigenvalue weighted by Crippen LogP contribution is 2.34. The molecule has 0 unspecified atom stereocenters. The van der Waals surface area contributed by atoms with Gasteiger partial charge in [-0.05, 0) is 11.8 Å². The van der Waals surface area contributed by atoms with Crippen molar-refractivity contribution in [1.29, 1.82) is 0 Å². The summed E-state index contributed by atoms with van der Waals surface area (Å²) in [6.07, 6.45) is 1.13. The van der Waals surface area contributed by atoms with Gasteiger partial charge in [0.05, 0.1) is 4.92 Å². The van der Waals surface area contributed by atoms with Gasteiger partial charge in [-0.1, -0.05) is 0 Å². The smallest absolute Gasteiger partial charge is 0.345 e. The van der Waals surface area contributed by atoms with Crippen LogP contribution in [0.4, 0.5) is 23.1 Å². The maximum absolute atomic E-state index is 11.1. The van der Waals surface area contributed by atoms with Crippen LogP contribution in [0.2, 0.25) is 0 Å². The molecule has 12 heteroatoms. The van der Waals surface area contributed by atoms with Crippen molar-refractivity contribution in [3.8, 4) is 0 Å². The minimum Gasteiger partial charge on any atom is -0.383 e. The molecule has 0 atom stereocenters. The largest absolute Gasteiger partial charge is 0.383 e. The number of hydrogen-bond acceptors (Lipinski definition) is 11. The molecule has 0 spiro atoms. The fraction of sp³-hybridized carbons (Fsp3) is 0. The topological polar surface area (TPSA) is 185 Å². The summed E-state index contributed by atoms with van der Waals surface area (Å²) in [5, 5.41) is 11.2. The van der Waals surface area contributed by atoms with E-state index in [1.807, 2.05) is 0 Å². The zero-order valence-electron chi connectivity index (χ0n) is 9.85. The van der Waals surface area contributed by atoms with Crippen LogP contribution in [0.3, 0.4) is 0 Å². The van der Waals surface area contributed by atoms with Gasteiger partial charge >= 0.3 is 5.69 Å². The Morgan fingerprint density at radius 3 is 2.45 bits per heavy atom. The first kappa shape index (κ1) is 13.7. The second-order valence-corrected chi connectivity index (χ2v) is 4.34. The molecule has 0 bridgehead atoms. The average Bonchev–Trinajstić information content (AvgIpc) is 2.36. The Bertz CT molecular complexity index is 644. The van der Waals surface area contributed by atoms with Crippen LogP contribution < -0.4 is 22.7 Å². The van der Waals surface area contributed by atoms with Crippen molar-refractivity contribution in [1.82, 2.24) is 19.9 Å². The van der Waals surface area contributed by atoms with E-state index in [0.29, 0.717) is 0 Å². The van der Waals surface area contributed by atoms with Gasteiger partial charge in [-0.3, -0.25) is 10.1 Å². The number of nitrogens with two attached hydrogens (primary N) is 3. The molecule has 104 valence electrons. The van der Waals surface area contributed by atoms with Crippen LogP contribution in [-0.2, 0) is 0 Å². The van der Waals surface area contributed by atoms with Crippen molar-refractivity contribution in [2.45, 2.75) is 10.2 Å². The van der Waals surface area contributed by atoms with Crippen LogP contribution in [0, 0.1) is 10.1 Å². The predicted molar refractivity (Wildman–Crippen MR) is 71.5 cm³/mol. The van der Waals surface area contributed by atoms with E-state index >= 15 is 0 Å². The molecule has 11 nitrogen and oxygen atoms in total. The quantitative estimate of drug-likeness (QED) is 0.192. The van der Waals surface area contributed by atoms with Crippen LogP contribution in [0.5, 0.6) is 0 Å². The van der Waals surface area contributed by atoms with Crippen LogP contribution in [0.1, 0.15) is 0 Å². The summed E-state index contributed by atoms with van der Waals surface area (Å²) < 4.78 is 0. The molecule has 0 saturated carbocycles. The molecular weight excluding hydrogens is 286 g/mol. The van der Waals surface area contributed by atoms with Gasteiger partial charge in [0.2, 0.25) is 5.82 Å². The van der Waals surface area contributed by atoms with Crippen LogP contribution in [0.15, 0.2) is 22.6 Å². The molecule has 0 amide bonds. The monoisotopic (exact) mass is 295 g/mol. The number of nitrogens with zero attached hydrogens (tertiary/aromatic N) is 5. The summed E-state index contributed by atoms with van der Waals surface area (Å²) in [5.74, 6) is 5.35. The minimum atomic E-state index is -0.660. The maximum Gasteiger partial charge on any atom is 0.345 e. The van der Waals surface area contributed by atoms with Crippen molar-refractivity contribution in [3.05, 3.63) is 22.5 Å².